The first-order valence-electron chi connectivity index (χ1n) is 8.18. The van der Waals surface area contributed by atoms with Crippen molar-refractivity contribution in [2.45, 2.75) is 49.0 Å². The number of thioether (sulfide) groups is 1. The average Bonchev–Trinajstić information content (AvgIpc) is 2.45. The van der Waals surface area contributed by atoms with Gasteiger partial charge in [-0.15, -0.1) is 11.8 Å². The molecule has 4 heteroatoms. The molecule has 4 saturated carbocycles. The summed E-state index contributed by atoms with van der Waals surface area (Å²) < 4.78 is 0. The third-order valence-electron chi connectivity index (χ3n) is 5.86. The molecule has 3 nitrogen and oxygen atoms in total. The number of carbonyl (C=O) groups is 1. The molecule has 0 heterocycles. The fraction of sp³-hybridized carbons (Fsp3) is 0.611. The Kier molecular flexibility index (Phi) is 3.31. The van der Waals surface area contributed by atoms with Gasteiger partial charge in [-0.05, 0) is 80.9 Å². The van der Waals surface area contributed by atoms with Gasteiger partial charge in [-0.1, -0.05) is 0 Å². The smallest absolute Gasteiger partial charge is 0.230 e. The van der Waals surface area contributed by atoms with Crippen LogP contribution < -0.4 is 5.32 Å². The quantitative estimate of drug-likeness (QED) is 0.836. The Labute approximate surface area is 135 Å². The summed E-state index contributed by atoms with van der Waals surface area (Å²) in [6, 6.07) is 8.01. The Morgan fingerprint density at radius 2 is 1.82 bits per heavy atom. The Morgan fingerprint density at radius 1 is 1.18 bits per heavy atom. The fourth-order valence-corrected chi connectivity index (χ4v) is 5.83. The normalized spacial score (nSPS) is 39.0. The predicted molar refractivity (Wildman–Crippen MR) is 88.9 cm³/mol. The summed E-state index contributed by atoms with van der Waals surface area (Å²) in [5.74, 6) is 1.20. The molecule has 2 unspecified atom stereocenters. The summed E-state index contributed by atoms with van der Waals surface area (Å²) in [6.07, 6.45) is 7.63. The second-order valence-electron chi connectivity index (χ2n) is 7.65. The summed E-state index contributed by atoms with van der Waals surface area (Å²) in [4.78, 5) is 14.1. The average molecular weight is 317 g/mol. The van der Waals surface area contributed by atoms with Gasteiger partial charge >= 0.3 is 0 Å². The molecule has 2 N–H and O–H groups in total. The van der Waals surface area contributed by atoms with Crippen LogP contribution in [0.15, 0.2) is 29.2 Å². The van der Waals surface area contributed by atoms with Crippen molar-refractivity contribution in [3.05, 3.63) is 24.3 Å². The molecule has 0 radical (unpaired) electrons. The minimum absolute atomic E-state index is 0.122. The SMILES string of the molecule is CSc1ccc(NC(=O)C23CC4CC(CC(O)(C4)C2)C3)cc1. The van der Waals surface area contributed by atoms with Crippen molar-refractivity contribution >= 4 is 23.4 Å². The first kappa shape index (κ1) is 14.6. The van der Waals surface area contributed by atoms with Crippen molar-refractivity contribution in [2.24, 2.45) is 17.3 Å². The number of aliphatic hydroxyl groups is 1. The molecule has 5 rings (SSSR count). The van der Waals surface area contributed by atoms with E-state index in [-0.39, 0.29) is 11.3 Å². The molecule has 0 spiro atoms. The van der Waals surface area contributed by atoms with Gasteiger partial charge in [0.25, 0.3) is 0 Å². The van der Waals surface area contributed by atoms with Gasteiger partial charge in [0.15, 0.2) is 0 Å². The lowest BCUT2D eigenvalue weighted by Gasteiger charge is -2.59. The highest BCUT2D eigenvalue weighted by Gasteiger charge is 2.60. The minimum atomic E-state index is -0.579. The van der Waals surface area contributed by atoms with Crippen molar-refractivity contribution in [2.75, 3.05) is 11.6 Å². The fourth-order valence-electron chi connectivity index (χ4n) is 5.42. The molecule has 1 aromatic carbocycles. The van der Waals surface area contributed by atoms with E-state index in [1.807, 2.05) is 30.5 Å². The molecule has 4 bridgehead atoms. The number of benzene rings is 1. The summed E-state index contributed by atoms with van der Waals surface area (Å²) in [5, 5.41) is 13.9. The molecule has 1 amide bonds. The molecule has 4 aliphatic carbocycles. The van der Waals surface area contributed by atoms with Crippen LogP contribution in [-0.4, -0.2) is 22.9 Å². The number of anilines is 1. The standard InChI is InChI=1S/C18H23NO2S/c1-22-15-4-2-14(3-5-15)19-16(20)17-7-12-6-13(8-17)10-18(21,9-12)11-17/h2-5,12-13,21H,6-11H2,1H3,(H,19,20). The van der Waals surface area contributed by atoms with E-state index in [1.54, 1.807) is 11.8 Å². The maximum absolute atomic E-state index is 12.9. The Morgan fingerprint density at radius 3 is 2.36 bits per heavy atom. The number of carbonyl (C=O) groups excluding carboxylic acids is 1. The summed E-state index contributed by atoms with van der Waals surface area (Å²) in [7, 11) is 0. The van der Waals surface area contributed by atoms with E-state index in [2.05, 4.69) is 5.32 Å². The van der Waals surface area contributed by atoms with Crippen molar-refractivity contribution in [1.82, 2.24) is 0 Å². The van der Waals surface area contributed by atoms with Gasteiger partial charge in [-0.25, -0.2) is 0 Å². The van der Waals surface area contributed by atoms with Crippen LogP contribution in [-0.2, 0) is 4.79 Å². The van der Waals surface area contributed by atoms with Gasteiger partial charge < -0.3 is 10.4 Å². The Balaban J connectivity index is 1.54. The number of hydrogen-bond donors (Lipinski definition) is 2. The molecule has 22 heavy (non-hydrogen) atoms. The van der Waals surface area contributed by atoms with E-state index in [9.17, 15) is 9.90 Å². The van der Waals surface area contributed by atoms with Gasteiger partial charge in [0.2, 0.25) is 5.91 Å². The number of hydrogen-bond acceptors (Lipinski definition) is 3. The minimum Gasteiger partial charge on any atom is -0.390 e. The van der Waals surface area contributed by atoms with E-state index in [0.717, 1.165) is 31.4 Å². The lowest BCUT2D eigenvalue weighted by molar-refractivity contribution is -0.174. The van der Waals surface area contributed by atoms with Crippen LogP contribution in [0.3, 0.4) is 0 Å². The van der Waals surface area contributed by atoms with Crippen molar-refractivity contribution in [3.8, 4) is 0 Å². The molecule has 1 aromatic rings. The Hall–Kier alpha value is -1.00. The second kappa shape index (κ2) is 5.00. The highest BCUT2D eigenvalue weighted by Crippen LogP contribution is 2.61. The zero-order valence-electron chi connectivity index (χ0n) is 13.0. The van der Waals surface area contributed by atoms with Gasteiger partial charge in [-0.2, -0.15) is 0 Å². The van der Waals surface area contributed by atoms with Crippen molar-refractivity contribution in [1.29, 1.82) is 0 Å². The zero-order valence-corrected chi connectivity index (χ0v) is 13.8. The summed E-state index contributed by atoms with van der Waals surface area (Å²) in [5.41, 5.74) is -0.0493. The lowest BCUT2D eigenvalue weighted by atomic mass is 9.47. The van der Waals surface area contributed by atoms with Gasteiger partial charge in [0.1, 0.15) is 0 Å². The van der Waals surface area contributed by atoms with E-state index in [4.69, 9.17) is 0 Å². The van der Waals surface area contributed by atoms with Crippen LogP contribution in [0.2, 0.25) is 0 Å². The second-order valence-corrected chi connectivity index (χ2v) is 8.53. The first-order chi connectivity index (χ1) is 10.5. The van der Waals surface area contributed by atoms with E-state index >= 15 is 0 Å². The largest absolute Gasteiger partial charge is 0.390 e. The number of rotatable bonds is 3. The van der Waals surface area contributed by atoms with Gasteiger partial charge in [0, 0.05) is 10.6 Å². The van der Waals surface area contributed by atoms with Crippen LogP contribution in [0, 0.1) is 17.3 Å². The van der Waals surface area contributed by atoms with E-state index in [0.29, 0.717) is 18.3 Å². The topological polar surface area (TPSA) is 49.3 Å². The van der Waals surface area contributed by atoms with E-state index < -0.39 is 5.60 Å². The summed E-state index contributed by atoms with van der Waals surface area (Å²) in [6.45, 7) is 0. The lowest BCUT2D eigenvalue weighted by Crippen LogP contribution is -2.59. The molecular formula is C18H23NO2S. The maximum Gasteiger partial charge on any atom is 0.230 e. The van der Waals surface area contributed by atoms with Crippen molar-refractivity contribution in [3.63, 3.8) is 0 Å². The summed E-state index contributed by atoms with van der Waals surface area (Å²) >= 11 is 1.70. The molecule has 2 atom stereocenters. The van der Waals surface area contributed by atoms with Crippen LogP contribution in [0.5, 0.6) is 0 Å². The van der Waals surface area contributed by atoms with Gasteiger partial charge in [0.05, 0.1) is 11.0 Å². The highest BCUT2D eigenvalue weighted by molar-refractivity contribution is 7.98. The zero-order chi connectivity index (χ0) is 15.4. The third-order valence-corrected chi connectivity index (χ3v) is 6.60. The third kappa shape index (κ3) is 2.37. The molecule has 0 aliphatic heterocycles. The molecule has 4 fully saturated rings. The predicted octanol–water partition coefficient (Wildman–Crippen LogP) is 3.68. The molecular weight excluding hydrogens is 294 g/mol. The monoisotopic (exact) mass is 317 g/mol. The van der Waals surface area contributed by atoms with E-state index in [1.165, 1.54) is 11.3 Å². The van der Waals surface area contributed by atoms with Crippen LogP contribution in [0.4, 0.5) is 5.69 Å². The van der Waals surface area contributed by atoms with Crippen molar-refractivity contribution < 1.29 is 9.90 Å². The molecule has 118 valence electrons. The highest BCUT2D eigenvalue weighted by atomic mass is 32.2. The van der Waals surface area contributed by atoms with Gasteiger partial charge in [-0.3, -0.25) is 4.79 Å². The number of amides is 1. The molecule has 0 saturated heterocycles. The maximum atomic E-state index is 12.9. The molecule has 4 aliphatic rings. The number of nitrogens with one attached hydrogen (secondary N) is 1. The van der Waals surface area contributed by atoms with Crippen LogP contribution in [0.1, 0.15) is 38.5 Å². The van der Waals surface area contributed by atoms with Crippen LogP contribution in [0.25, 0.3) is 0 Å². The first-order valence-corrected chi connectivity index (χ1v) is 9.41. The molecule has 0 aromatic heterocycles. The Bertz CT molecular complexity index is 584. The van der Waals surface area contributed by atoms with Crippen LogP contribution >= 0.6 is 11.8 Å².